The normalized spacial score (nSPS) is 20.2. The quantitative estimate of drug-likeness (QED) is 0.850. The van der Waals surface area contributed by atoms with E-state index in [1.165, 1.54) is 0 Å². The van der Waals surface area contributed by atoms with Crippen molar-refractivity contribution in [2.24, 2.45) is 0 Å². The lowest BCUT2D eigenvalue weighted by atomic mass is 10.1. The molecule has 1 aromatic carbocycles. The maximum atomic E-state index is 12.7. The SMILES string of the molecule is CCc1cnc(CNC(=O)[C@@H]2[C@@H](C)OCC(=O)N2Cc2ccccc2)o1. The van der Waals surface area contributed by atoms with Crippen molar-refractivity contribution in [1.29, 1.82) is 0 Å². The zero-order valence-electron chi connectivity index (χ0n) is 15.0. The molecule has 2 heterocycles. The molecule has 7 heteroatoms. The number of morpholine rings is 1. The number of carbonyl (C=O) groups excluding carboxylic acids is 2. The Hall–Kier alpha value is -2.67. The van der Waals surface area contributed by atoms with E-state index in [1.54, 1.807) is 18.0 Å². The number of oxazole rings is 1. The lowest BCUT2D eigenvalue weighted by Crippen LogP contribution is -2.59. The zero-order chi connectivity index (χ0) is 18.5. The topological polar surface area (TPSA) is 84.7 Å². The number of aromatic nitrogens is 1. The first kappa shape index (κ1) is 18.1. The molecule has 26 heavy (non-hydrogen) atoms. The summed E-state index contributed by atoms with van der Waals surface area (Å²) in [4.78, 5) is 30.8. The summed E-state index contributed by atoms with van der Waals surface area (Å²) in [6, 6.07) is 8.90. The Labute approximate surface area is 152 Å². The largest absolute Gasteiger partial charge is 0.444 e. The van der Waals surface area contributed by atoms with E-state index in [-0.39, 0.29) is 25.0 Å². The molecule has 0 radical (unpaired) electrons. The molecule has 0 aliphatic carbocycles. The average Bonchev–Trinajstić information content (AvgIpc) is 3.12. The van der Waals surface area contributed by atoms with E-state index in [1.807, 2.05) is 37.3 Å². The van der Waals surface area contributed by atoms with Gasteiger partial charge in [0.25, 0.3) is 0 Å². The fourth-order valence-corrected chi connectivity index (χ4v) is 2.97. The van der Waals surface area contributed by atoms with Gasteiger partial charge in [-0.25, -0.2) is 4.98 Å². The lowest BCUT2D eigenvalue weighted by molar-refractivity contribution is -0.163. The standard InChI is InChI=1S/C19H23N3O4/c1-3-15-9-20-16(26-15)10-21-19(24)18-13(2)25-12-17(23)22(18)11-14-7-5-4-6-8-14/h4-9,13,18H,3,10-12H2,1-2H3,(H,21,24)/t13-,18+/m1/s1. The van der Waals surface area contributed by atoms with Gasteiger partial charge >= 0.3 is 0 Å². The first-order valence-electron chi connectivity index (χ1n) is 8.74. The van der Waals surface area contributed by atoms with Crippen LogP contribution in [0.1, 0.15) is 31.1 Å². The van der Waals surface area contributed by atoms with Crippen molar-refractivity contribution in [2.75, 3.05) is 6.61 Å². The average molecular weight is 357 g/mol. The molecule has 2 amide bonds. The first-order chi connectivity index (χ1) is 12.6. The molecule has 1 N–H and O–H groups in total. The molecule has 7 nitrogen and oxygen atoms in total. The second-order valence-corrected chi connectivity index (χ2v) is 6.26. The van der Waals surface area contributed by atoms with Gasteiger partial charge in [0, 0.05) is 13.0 Å². The van der Waals surface area contributed by atoms with Gasteiger partial charge in [0.1, 0.15) is 18.4 Å². The minimum atomic E-state index is -0.697. The van der Waals surface area contributed by atoms with Crippen LogP contribution in [-0.2, 0) is 33.8 Å². The van der Waals surface area contributed by atoms with Gasteiger partial charge in [-0.1, -0.05) is 37.3 Å². The highest BCUT2D eigenvalue weighted by Gasteiger charge is 2.39. The summed E-state index contributed by atoms with van der Waals surface area (Å²) in [5.74, 6) is 0.735. The van der Waals surface area contributed by atoms with E-state index < -0.39 is 12.1 Å². The van der Waals surface area contributed by atoms with Gasteiger partial charge in [0.2, 0.25) is 17.7 Å². The zero-order valence-corrected chi connectivity index (χ0v) is 15.0. The van der Waals surface area contributed by atoms with Crippen molar-refractivity contribution in [3.05, 3.63) is 53.7 Å². The van der Waals surface area contributed by atoms with Crippen molar-refractivity contribution in [1.82, 2.24) is 15.2 Å². The van der Waals surface area contributed by atoms with Crippen molar-refractivity contribution >= 4 is 11.8 Å². The Morgan fingerprint density at radius 1 is 1.35 bits per heavy atom. The van der Waals surface area contributed by atoms with Crippen LogP contribution in [0, 0.1) is 0 Å². The van der Waals surface area contributed by atoms with Crippen LogP contribution in [0.4, 0.5) is 0 Å². The molecule has 1 aliphatic heterocycles. The number of aryl methyl sites for hydroxylation is 1. The molecule has 1 aromatic heterocycles. The van der Waals surface area contributed by atoms with Crippen LogP contribution in [0.5, 0.6) is 0 Å². The first-order valence-corrected chi connectivity index (χ1v) is 8.74. The summed E-state index contributed by atoms with van der Waals surface area (Å²) < 4.78 is 11.0. The van der Waals surface area contributed by atoms with Crippen molar-refractivity contribution in [2.45, 2.75) is 45.5 Å². The molecule has 0 saturated carbocycles. The van der Waals surface area contributed by atoms with Gasteiger partial charge in [0.15, 0.2) is 0 Å². The number of hydrogen-bond donors (Lipinski definition) is 1. The van der Waals surface area contributed by atoms with E-state index in [9.17, 15) is 9.59 Å². The van der Waals surface area contributed by atoms with E-state index in [0.29, 0.717) is 12.4 Å². The van der Waals surface area contributed by atoms with Gasteiger partial charge < -0.3 is 19.4 Å². The molecule has 3 rings (SSSR count). The maximum Gasteiger partial charge on any atom is 0.249 e. The number of carbonyl (C=O) groups is 2. The van der Waals surface area contributed by atoms with Crippen LogP contribution in [-0.4, -0.2) is 40.5 Å². The second kappa shape index (κ2) is 8.14. The van der Waals surface area contributed by atoms with E-state index >= 15 is 0 Å². The number of hydrogen-bond acceptors (Lipinski definition) is 5. The van der Waals surface area contributed by atoms with Crippen molar-refractivity contribution in [3.63, 3.8) is 0 Å². The third-order valence-electron chi connectivity index (χ3n) is 4.40. The summed E-state index contributed by atoms with van der Waals surface area (Å²) in [5.41, 5.74) is 0.966. The van der Waals surface area contributed by atoms with Gasteiger partial charge in [-0.15, -0.1) is 0 Å². The van der Waals surface area contributed by atoms with Gasteiger partial charge in [-0.3, -0.25) is 9.59 Å². The number of nitrogens with zero attached hydrogens (tertiary/aromatic N) is 2. The van der Waals surface area contributed by atoms with E-state index in [4.69, 9.17) is 9.15 Å². The molecule has 0 bridgehead atoms. The molecule has 2 aromatic rings. The second-order valence-electron chi connectivity index (χ2n) is 6.26. The predicted molar refractivity (Wildman–Crippen MR) is 93.9 cm³/mol. The van der Waals surface area contributed by atoms with Crippen LogP contribution < -0.4 is 5.32 Å². The highest BCUT2D eigenvalue weighted by Crippen LogP contribution is 2.19. The molecule has 0 spiro atoms. The molecule has 2 atom stereocenters. The Balaban J connectivity index is 1.70. The van der Waals surface area contributed by atoms with Crippen LogP contribution in [0.25, 0.3) is 0 Å². The fraction of sp³-hybridized carbons (Fsp3) is 0.421. The number of ether oxygens (including phenoxy) is 1. The molecular weight excluding hydrogens is 334 g/mol. The maximum absolute atomic E-state index is 12.7. The summed E-state index contributed by atoms with van der Waals surface area (Å²) >= 11 is 0. The van der Waals surface area contributed by atoms with Gasteiger partial charge in [-0.2, -0.15) is 0 Å². The highest BCUT2D eigenvalue weighted by molar-refractivity contribution is 5.89. The summed E-state index contributed by atoms with van der Waals surface area (Å²) in [5, 5.41) is 2.80. The minimum absolute atomic E-state index is 0.0165. The smallest absolute Gasteiger partial charge is 0.249 e. The predicted octanol–water partition coefficient (Wildman–Crippen LogP) is 1.67. The van der Waals surface area contributed by atoms with Crippen molar-refractivity contribution < 1.29 is 18.7 Å². The molecule has 1 saturated heterocycles. The Morgan fingerprint density at radius 3 is 2.81 bits per heavy atom. The number of rotatable bonds is 6. The number of nitrogens with one attached hydrogen (secondary N) is 1. The van der Waals surface area contributed by atoms with Gasteiger partial charge in [-0.05, 0) is 12.5 Å². The van der Waals surface area contributed by atoms with E-state index in [0.717, 1.165) is 17.7 Å². The Bertz CT molecular complexity index is 759. The van der Waals surface area contributed by atoms with Gasteiger partial charge in [0.05, 0.1) is 18.8 Å². The number of benzene rings is 1. The molecule has 138 valence electrons. The summed E-state index contributed by atoms with van der Waals surface area (Å²) in [7, 11) is 0. The fourth-order valence-electron chi connectivity index (χ4n) is 2.97. The summed E-state index contributed by atoms with van der Waals surface area (Å²) in [6.45, 7) is 4.29. The third-order valence-corrected chi connectivity index (χ3v) is 4.40. The highest BCUT2D eigenvalue weighted by atomic mass is 16.5. The molecule has 1 fully saturated rings. The third kappa shape index (κ3) is 4.11. The number of amides is 2. The molecular formula is C19H23N3O4. The van der Waals surface area contributed by atoms with Crippen LogP contribution in [0.15, 0.2) is 40.9 Å². The minimum Gasteiger partial charge on any atom is -0.444 e. The molecule has 0 unspecified atom stereocenters. The van der Waals surface area contributed by atoms with Crippen molar-refractivity contribution in [3.8, 4) is 0 Å². The monoisotopic (exact) mass is 357 g/mol. The molecule has 1 aliphatic rings. The Morgan fingerprint density at radius 2 is 2.12 bits per heavy atom. The van der Waals surface area contributed by atoms with Crippen LogP contribution >= 0.6 is 0 Å². The summed E-state index contributed by atoms with van der Waals surface area (Å²) in [6.07, 6.45) is 2.00. The van der Waals surface area contributed by atoms with E-state index in [2.05, 4.69) is 10.3 Å². The lowest BCUT2D eigenvalue weighted by Gasteiger charge is -2.38. The van der Waals surface area contributed by atoms with Crippen LogP contribution in [0.3, 0.4) is 0 Å². The van der Waals surface area contributed by atoms with Crippen LogP contribution in [0.2, 0.25) is 0 Å². The Kier molecular flexibility index (Phi) is 5.68.